The third-order valence-electron chi connectivity index (χ3n) is 3.17. The summed E-state index contributed by atoms with van der Waals surface area (Å²) in [6.45, 7) is 6.65. The third kappa shape index (κ3) is 5.71. The van der Waals surface area contributed by atoms with Crippen molar-refractivity contribution in [2.75, 3.05) is 32.1 Å². The predicted octanol–water partition coefficient (Wildman–Crippen LogP) is 1.85. The molecule has 1 fully saturated rings. The van der Waals surface area contributed by atoms with Crippen molar-refractivity contribution in [2.24, 2.45) is 5.92 Å². The van der Waals surface area contributed by atoms with Crippen LogP contribution >= 0.6 is 11.6 Å². The molecule has 3 nitrogen and oxygen atoms in total. The quantitative estimate of drug-likeness (QED) is 0.573. The van der Waals surface area contributed by atoms with Gasteiger partial charge in [-0.3, -0.25) is 4.79 Å². The number of carbonyl (C=O) groups is 1. The largest absolute Gasteiger partial charge is 0.356 e. The molecule has 0 aromatic carbocycles. The van der Waals surface area contributed by atoms with Crippen molar-refractivity contribution in [1.82, 2.24) is 10.2 Å². The summed E-state index contributed by atoms with van der Waals surface area (Å²) in [6, 6.07) is 0. The molecule has 94 valence electrons. The Bertz CT molecular complexity index is 203. The van der Waals surface area contributed by atoms with Crippen molar-refractivity contribution in [3.63, 3.8) is 0 Å². The average Bonchev–Trinajstić information content (AvgIpc) is 2.27. The van der Waals surface area contributed by atoms with E-state index in [2.05, 4.69) is 17.1 Å². The number of rotatable bonds is 6. The van der Waals surface area contributed by atoms with Crippen LogP contribution < -0.4 is 5.32 Å². The van der Waals surface area contributed by atoms with Crippen LogP contribution in [0.1, 0.15) is 32.6 Å². The summed E-state index contributed by atoms with van der Waals surface area (Å²) in [6.07, 6.45) is 4.11. The Labute approximate surface area is 104 Å². The van der Waals surface area contributed by atoms with Gasteiger partial charge in [0.25, 0.3) is 0 Å². The maximum absolute atomic E-state index is 11.1. The van der Waals surface area contributed by atoms with Gasteiger partial charge in [0.15, 0.2) is 0 Å². The van der Waals surface area contributed by atoms with Crippen molar-refractivity contribution in [2.45, 2.75) is 32.6 Å². The van der Waals surface area contributed by atoms with Crippen molar-refractivity contribution < 1.29 is 4.79 Å². The molecule has 0 unspecified atom stereocenters. The molecule has 0 spiro atoms. The van der Waals surface area contributed by atoms with Crippen LogP contribution in [-0.2, 0) is 4.79 Å². The Kier molecular flexibility index (Phi) is 6.81. The lowest BCUT2D eigenvalue weighted by Gasteiger charge is -2.30. The number of hydrogen-bond acceptors (Lipinski definition) is 2. The average molecular weight is 247 g/mol. The first-order valence-corrected chi connectivity index (χ1v) is 6.81. The van der Waals surface area contributed by atoms with E-state index in [1.54, 1.807) is 0 Å². The van der Waals surface area contributed by atoms with Gasteiger partial charge in [0.1, 0.15) is 0 Å². The van der Waals surface area contributed by atoms with E-state index in [1.165, 1.54) is 25.9 Å². The maximum Gasteiger partial charge on any atom is 0.221 e. The number of alkyl halides is 1. The van der Waals surface area contributed by atoms with Crippen LogP contribution in [-0.4, -0.2) is 42.9 Å². The molecule has 1 rings (SSSR count). The standard InChI is InChI=1S/C12H23ClN2O/c1-11-4-9-15(10-5-11)8-2-7-14-12(16)3-6-13/h11H,2-10H2,1H3,(H,14,16). The number of carbonyl (C=O) groups excluding carboxylic acids is 1. The minimum atomic E-state index is 0.0715. The summed E-state index contributed by atoms with van der Waals surface area (Å²) >= 11 is 5.48. The fraction of sp³-hybridized carbons (Fsp3) is 0.917. The van der Waals surface area contributed by atoms with Crippen molar-refractivity contribution in [3.8, 4) is 0 Å². The lowest BCUT2D eigenvalue weighted by Crippen LogP contribution is -2.35. The number of likely N-dealkylation sites (tertiary alicyclic amines) is 1. The highest BCUT2D eigenvalue weighted by Crippen LogP contribution is 2.15. The summed E-state index contributed by atoms with van der Waals surface area (Å²) in [5.41, 5.74) is 0. The van der Waals surface area contributed by atoms with Crippen LogP contribution in [0.2, 0.25) is 0 Å². The molecular weight excluding hydrogens is 224 g/mol. The lowest BCUT2D eigenvalue weighted by atomic mass is 9.99. The Hall–Kier alpha value is -0.280. The van der Waals surface area contributed by atoms with Crippen LogP contribution in [0.5, 0.6) is 0 Å². The molecular formula is C12H23ClN2O. The predicted molar refractivity (Wildman–Crippen MR) is 67.8 cm³/mol. The van der Waals surface area contributed by atoms with Crippen LogP contribution in [0.3, 0.4) is 0 Å². The van der Waals surface area contributed by atoms with E-state index < -0.39 is 0 Å². The molecule has 0 saturated carbocycles. The molecule has 0 aromatic heterocycles. The second-order valence-corrected chi connectivity index (χ2v) is 5.04. The highest BCUT2D eigenvalue weighted by atomic mass is 35.5. The molecule has 4 heteroatoms. The number of amides is 1. The summed E-state index contributed by atoms with van der Waals surface area (Å²) in [7, 11) is 0. The molecule has 0 atom stereocenters. The van der Waals surface area contributed by atoms with E-state index in [0.29, 0.717) is 12.3 Å². The first kappa shape index (κ1) is 13.8. The van der Waals surface area contributed by atoms with Crippen molar-refractivity contribution in [1.29, 1.82) is 0 Å². The number of nitrogens with zero attached hydrogens (tertiary/aromatic N) is 1. The zero-order valence-corrected chi connectivity index (χ0v) is 10.9. The number of nitrogens with one attached hydrogen (secondary N) is 1. The Morgan fingerprint density at radius 3 is 2.75 bits per heavy atom. The molecule has 0 aromatic rings. The molecule has 0 aliphatic carbocycles. The van der Waals surface area contributed by atoms with Gasteiger partial charge in [-0.25, -0.2) is 0 Å². The van der Waals surface area contributed by atoms with Gasteiger partial charge in [0.05, 0.1) is 0 Å². The first-order chi connectivity index (χ1) is 7.72. The van der Waals surface area contributed by atoms with Gasteiger partial charge in [0, 0.05) is 18.8 Å². The normalized spacial score (nSPS) is 18.6. The molecule has 1 amide bonds. The zero-order valence-electron chi connectivity index (χ0n) is 10.2. The van der Waals surface area contributed by atoms with Gasteiger partial charge in [-0.15, -0.1) is 11.6 Å². The molecule has 1 aliphatic heterocycles. The zero-order chi connectivity index (χ0) is 11.8. The van der Waals surface area contributed by atoms with E-state index >= 15 is 0 Å². The molecule has 16 heavy (non-hydrogen) atoms. The SMILES string of the molecule is CC1CCN(CCCNC(=O)CCCl)CC1. The van der Waals surface area contributed by atoms with E-state index in [9.17, 15) is 4.79 Å². The summed E-state index contributed by atoms with van der Waals surface area (Å²) < 4.78 is 0. The Morgan fingerprint density at radius 1 is 1.44 bits per heavy atom. The van der Waals surface area contributed by atoms with Gasteiger partial charge in [0.2, 0.25) is 5.91 Å². The second kappa shape index (κ2) is 7.91. The topological polar surface area (TPSA) is 32.3 Å². The molecule has 0 radical (unpaired) electrons. The second-order valence-electron chi connectivity index (χ2n) is 4.67. The molecule has 1 heterocycles. The Balaban J connectivity index is 1.97. The smallest absolute Gasteiger partial charge is 0.221 e. The van der Waals surface area contributed by atoms with Gasteiger partial charge in [-0.05, 0) is 44.8 Å². The lowest BCUT2D eigenvalue weighted by molar-refractivity contribution is -0.120. The van der Waals surface area contributed by atoms with Gasteiger partial charge in [-0.1, -0.05) is 6.92 Å². The fourth-order valence-corrected chi connectivity index (χ4v) is 2.16. The van der Waals surface area contributed by atoms with Crippen LogP contribution in [0, 0.1) is 5.92 Å². The van der Waals surface area contributed by atoms with E-state index in [1.807, 2.05) is 0 Å². The maximum atomic E-state index is 11.1. The summed E-state index contributed by atoms with van der Waals surface area (Å²) in [5, 5.41) is 2.88. The molecule has 0 bridgehead atoms. The number of piperidine rings is 1. The van der Waals surface area contributed by atoms with E-state index in [4.69, 9.17) is 11.6 Å². The minimum absolute atomic E-state index is 0.0715. The highest BCUT2D eigenvalue weighted by molar-refractivity contribution is 6.18. The highest BCUT2D eigenvalue weighted by Gasteiger charge is 2.14. The monoisotopic (exact) mass is 246 g/mol. The van der Waals surface area contributed by atoms with Crippen molar-refractivity contribution >= 4 is 17.5 Å². The Morgan fingerprint density at radius 2 is 2.12 bits per heavy atom. The van der Waals surface area contributed by atoms with Crippen LogP contribution in [0.25, 0.3) is 0 Å². The van der Waals surface area contributed by atoms with Gasteiger partial charge < -0.3 is 10.2 Å². The van der Waals surface area contributed by atoms with E-state index in [-0.39, 0.29) is 5.91 Å². The third-order valence-corrected chi connectivity index (χ3v) is 3.36. The van der Waals surface area contributed by atoms with Crippen molar-refractivity contribution in [3.05, 3.63) is 0 Å². The van der Waals surface area contributed by atoms with E-state index in [0.717, 1.165) is 25.4 Å². The van der Waals surface area contributed by atoms with Crippen LogP contribution in [0.4, 0.5) is 0 Å². The summed E-state index contributed by atoms with van der Waals surface area (Å²) in [4.78, 5) is 13.6. The number of halogens is 1. The molecule has 1 N–H and O–H groups in total. The first-order valence-electron chi connectivity index (χ1n) is 6.27. The van der Waals surface area contributed by atoms with Crippen LogP contribution in [0.15, 0.2) is 0 Å². The summed E-state index contributed by atoms with van der Waals surface area (Å²) in [5.74, 6) is 1.37. The fourth-order valence-electron chi connectivity index (χ4n) is 1.99. The van der Waals surface area contributed by atoms with Gasteiger partial charge >= 0.3 is 0 Å². The molecule has 1 aliphatic rings. The molecule has 1 saturated heterocycles. The number of hydrogen-bond donors (Lipinski definition) is 1. The van der Waals surface area contributed by atoms with Gasteiger partial charge in [-0.2, -0.15) is 0 Å². The minimum Gasteiger partial charge on any atom is -0.356 e.